The van der Waals surface area contributed by atoms with E-state index in [4.69, 9.17) is 18.7 Å². The van der Waals surface area contributed by atoms with Gasteiger partial charge in [0.25, 0.3) is 0 Å². The van der Waals surface area contributed by atoms with Crippen molar-refractivity contribution in [1.82, 2.24) is 20.4 Å². The Hall–Kier alpha value is -3.62. The molecular weight excluding hydrogens is 376 g/mol. The number of ether oxygens (including phenoxy) is 3. The SMILES string of the molecule is COc1cc(CNC(=O)CCc2nc(-c3ccncc3)no2)cc(OC)c1OC. The lowest BCUT2D eigenvalue weighted by Crippen LogP contribution is -2.23. The molecule has 1 N–H and O–H groups in total. The van der Waals surface area contributed by atoms with Crippen LogP contribution in [0.3, 0.4) is 0 Å². The molecule has 2 aromatic heterocycles. The van der Waals surface area contributed by atoms with E-state index in [0.29, 0.717) is 41.9 Å². The van der Waals surface area contributed by atoms with Crippen LogP contribution in [0.5, 0.6) is 17.2 Å². The lowest BCUT2D eigenvalue weighted by molar-refractivity contribution is -0.121. The molecule has 0 saturated carbocycles. The zero-order valence-corrected chi connectivity index (χ0v) is 16.5. The number of aryl methyl sites for hydroxylation is 1. The molecule has 9 nitrogen and oxygen atoms in total. The highest BCUT2D eigenvalue weighted by atomic mass is 16.5. The zero-order valence-electron chi connectivity index (χ0n) is 16.5. The molecule has 0 bridgehead atoms. The van der Waals surface area contributed by atoms with Crippen molar-refractivity contribution in [2.45, 2.75) is 19.4 Å². The molecule has 3 aromatic rings. The van der Waals surface area contributed by atoms with E-state index in [9.17, 15) is 4.79 Å². The van der Waals surface area contributed by atoms with Crippen molar-refractivity contribution in [3.05, 3.63) is 48.1 Å². The van der Waals surface area contributed by atoms with Gasteiger partial charge in [0.2, 0.25) is 23.4 Å². The first kappa shape index (κ1) is 20.1. The molecule has 9 heteroatoms. The van der Waals surface area contributed by atoms with E-state index in [0.717, 1.165) is 11.1 Å². The Kier molecular flexibility index (Phi) is 6.62. The number of nitrogens with one attached hydrogen (secondary N) is 1. The molecular formula is C20H22N4O5. The first-order chi connectivity index (χ1) is 14.1. The molecule has 29 heavy (non-hydrogen) atoms. The maximum Gasteiger partial charge on any atom is 0.227 e. The molecule has 1 amide bonds. The minimum atomic E-state index is -0.137. The lowest BCUT2D eigenvalue weighted by Gasteiger charge is -2.14. The first-order valence-corrected chi connectivity index (χ1v) is 8.93. The fourth-order valence-electron chi connectivity index (χ4n) is 2.72. The third kappa shape index (κ3) is 5.01. The third-order valence-corrected chi connectivity index (χ3v) is 4.19. The van der Waals surface area contributed by atoms with Gasteiger partial charge in [-0.1, -0.05) is 5.16 Å². The average Bonchev–Trinajstić information content (AvgIpc) is 3.25. The van der Waals surface area contributed by atoms with Crippen LogP contribution in [0, 0.1) is 0 Å². The van der Waals surface area contributed by atoms with Crippen LogP contribution in [0.2, 0.25) is 0 Å². The highest BCUT2D eigenvalue weighted by Gasteiger charge is 2.14. The average molecular weight is 398 g/mol. The molecule has 3 rings (SSSR count). The van der Waals surface area contributed by atoms with Crippen molar-refractivity contribution in [2.75, 3.05) is 21.3 Å². The summed E-state index contributed by atoms with van der Waals surface area (Å²) < 4.78 is 21.1. The second-order valence-corrected chi connectivity index (χ2v) is 6.06. The Morgan fingerprint density at radius 3 is 2.38 bits per heavy atom. The van der Waals surface area contributed by atoms with Gasteiger partial charge in [0.15, 0.2) is 11.5 Å². The third-order valence-electron chi connectivity index (χ3n) is 4.19. The van der Waals surface area contributed by atoms with Gasteiger partial charge in [-0.05, 0) is 29.8 Å². The van der Waals surface area contributed by atoms with Crippen molar-refractivity contribution in [3.63, 3.8) is 0 Å². The molecule has 0 saturated heterocycles. The van der Waals surface area contributed by atoms with Crippen LogP contribution in [0.25, 0.3) is 11.4 Å². The van der Waals surface area contributed by atoms with Gasteiger partial charge in [-0.15, -0.1) is 0 Å². The molecule has 0 radical (unpaired) electrons. The first-order valence-electron chi connectivity index (χ1n) is 8.93. The molecule has 0 atom stereocenters. The van der Waals surface area contributed by atoms with Crippen LogP contribution in [0.4, 0.5) is 0 Å². The number of aromatic nitrogens is 3. The monoisotopic (exact) mass is 398 g/mol. The highest BCUT2D eigenvalue weighted by molar-refractivity contribution is 5.76. The summed E-state index contributed by atoms with van der Waals surface area (Å²) in [5.74, 6) is 2.31. The summed E-state index contributed by atoms with van der Waals surface area (Å²) in [6.07, 6.45) is 3.88. The molecule has 0 aliphatic heterocycles. The summed E-state index contributed by atoms with van der Waals surface area (Å²) in [6.45, 7) is 0.321. The number of amides is 1. The maximum absolute atomic E-state index is 12.2. The number of nitrogens with zero attached hydrogens (tertiary/aromatic N) is 3. The summed E-state index contributed by atoms with van der Waals surface area (Å²) in [7, 11) is 4.63. The molecule has 1 aromatic carbocycles. The van der Waals surface area contributed by atoms with E-state index in [-0.39, 0.29) is 12.3 Å². The number of hydrogen-bond donors (Lipinski definition) is 1. The van der Waals surface area contributed by atoms with Crippen LogP contribution < -0.4 is 19.5 Å². The molecule has 0 aliphatic rings. The van der Waals surface area contributed by atoms with Gasteiger partial charge < -0.3 is 24.1 Å². The highest BCUT2D eigenvalue weighted by Crippen LogP contribution is 2.38. The Morgan fingerprint density at radius 2 is 1.76 bits per heavy atom. The Morgan fingerprint density at radius 1 is 1.07 bits per heavy atom. The Labute approximate surface area is 168 Å². The number of carbonyl (C=O) groups excluding carboxylic acids is 1. The fraction of sp³-hybridized carbons (Fsp3) is 0.300. The standard InChI is InChI=1S/C20H22N4O5/c1-26-15-10-13(11-16(27-2)19(15)28-3)12-22-17(25)4-5-18-23-20(24-29-18)14-6-8-21-9-7-14/h6-11H,4-5,12H2,1-3H3,(H,22,25). The van der Waals surface area contributed by atoms with Gasteiger partial charge >= 0.3 is 0 Å². The second-order valence-electron chi connectivity index (χ2n) is 6.06. The number of pyridine rings is 1. The van der Waals surface area contributed by atoms with Gasteiger partial charge in [-0.3, -0.25) is 9.78 Å². The molecule has 0 aliphatic carbocycles. The van der Waals surface area contributed by atoms with E-state index in [1.807, 2.05) is 0 Å². The maximum atomic E-state index is 12.2. The molecule has 0 unspecified atom stereocenters. The fourth-order valence-corrected chi connectivity index (χ4v) is 2.72. The summed E-state index contributed by atoms with van der Waals surface area (Å²) in [6, 6.07) is 7.17. The lowest BCUT2D eigenvalue weighted by atomic mass is 10.1. The van der Waals surface area contributed by atoms with E-state index in [2.05, 4.69) is 20.4 Å². The van der Waals surface area contributed by atoms with E-state index in [1.54, 1.807) is 58.0 Å². The largest absolute Gasteiger partial charge is 0.493 e. The summed E-state index contributed by atoms with van der Waals surface area (Å²) in [5, 5.41) is 6.79. The van der Waals surface area contributed by atoms with E-state index in [1.165, 1.54) is 0 Å². The summed E-state index contributed by atoms with van der Waals surface area (Å²) in [5.41, 5.74) is 1.63. The molecule has 2 heterocycles. The van der Waals surface area contributed by atoms with Crippen molar-refractivity contribution in [1.29, 1.82) is 0 Å². The number of methoxy groups -OCH3 is 3. The van der Waals surface area contributed by atoms with E-state index >= 15 is 0 Å². The predicted molar refractivity (Wildman–Crippen MR) is 104 cm³/mol. The zero-order chi connectivity index (χ0) is 20.6. The van der Waals surface area contributed by atoms with Crippen LogP contribution in [-0.2, 0) is 17.8 Å². The van der Waals surface area contributed by atoms with Crippen molar-refractivity contribution in [3.8, 4) is 28.6 Å². The Bertz CT molecular complexity index is 934. The second kappa shape index (κ2) is 9.54. The van der Waals surface area contributed by atoms with Gasteiger partial charge in [0, 0.05) is 37.3 Å². The quantitative estimate of drug-likeness (QED) is 0.585. The van der Waals surface area contributed by atoms with Gasteiger partial charge in [0.05, 0.1) is 21.3 Å². The van der Waals surface area contributed by atoms with Crippen LogP contribution >= 0.6 is 0 Å². The summed E-state index contributed by atoms with van der Waals surface area (Å²) in [4.78, 5) is 20.5. The predicted octanol–water partition coefficient (Wildman–Crippen LogP) is 2.41. The summed E-state index contributed by atoms with van der Waals surface area (Å²) >= 11 is 0. The van der Waals surface area contributed by atoms with Gasteiger partial charge in [0.1, 0.15) is 0 Å². The number of hydrogen-bond acceptors (Lipinski definition) is 8. The number of benzene rings is 1. The van der Waals surface area contributed by atoms with Crippen molar-refractivity contribution in [2.24, 2.45) is 0 Å². The minimum absolute atomic E-state index is 0.137. The topological polar surface area (TPSA) is 109 Å². The van der Waals surface area contributed by atoms with Crippen LogP contribution in [0.15, 0.2) is 41.2 Å². The smallest absolute Gasteiger partial charge is 0.227 e. The van der Waals surface area contributed by atoms with Crippen molar-refractivity contribution < 1.29 is 23.5 Å². The normalized spacial score (nSPS) is 10.4. The van der Waals surface area contributed by atoms with E-state index < -0.39 is 0 Å². The van der Waals surface area contributed by atoms with Crippen molar-refractivity contribution >= 4 is 5.91 Å². The van der Waals surface area contributed by atoms with Gasteiger partial charge in [-0.25, -0.2) is 0 Å². The van der Waals surface area contributed by atoms with Crippen LogP contribution in [-0.4, -0.2) is 42.4 Å². The Balaban J connectivity index is 1.55. The molecule has 0 spiro atoms. The van der Waals surface area contributed by atoms with Crippen LogP contribution in [0.1, 0.15) is 17.9 Å². The molecule has 0 fully saturated rings. The number of carbonyl (C=O) groups is 1. The van der Waals surface area contributed by atoms with Gasteiger partial charge in [-0.2, -0.15) is 4.98 Å². The minimum Gasteiger partial charge on any atom is -0.493 e. The molecule has 152 valence electrons. The number of rotatable bonds is 9.